The van der Waals surface area contributed by atoms with Crippen LogP contribution in [0, 0.1) is 0 Å². The summed E-state index contributed by atoms with van der Waals surface area (Å²) in [4.78, 5) is 10.5. The molecule has 1 rings (SSSR count). The molecule has 5 unspecified atom stereocenters. The zero-order valence-electron chi connectivity index (χ0n) is 10.3. The Hall–Kier alpha value is -0.770. The highest BCUT2D eigenvalue weighted by Gasteiger charge is 2.45. The van der Waals surface area contributed by atoms with Gasteiger partial charge in [-0.2, -0.15) is 0 Å². The molecule has 1 saturated heterocycles. The molecule has 5 atom stereocenters. The summed E-state index contributed by atoms with van der Waals surface area (Å²) in [5, 5.41) is 30.5. The van der Waals surface area contributed by atoms with Gasteiger partial charge >= 0.3 is 5.97 Å². The van der Waals surface area contributed by atoms with E-state index in [0.717, 1.165) is 0 Å². The summed E-state index contributed by atoms with van der Waals surface area (Å²) in [5.41, 5.74) is 0. The van der Waals surface area contributed by atoms with Crippen molar-refractivity contribution in [2.75, 3.05) is 27.4 Å². The van der Waals surface area contributed by atoms with Gasteiger partial charge in [-0.3, -0.25) is 10.1 Å². The summed E-state index contributed by atoms with van der Waals surface area (Å²) >= 11 is 0. The van der Waals surface area contributed by atoms with Gasteiger partial charge in [-0.25, -0.2) is 0 Å². The zero-order chi connectivity index (χ0) is 13.7. The minimum absolute atomic E-state index is 0.332. The Bertz CT molecular complexity index is 275. The molecule has 0 saturated carbocycles. The lowest BCUT2D eigenvalue weighted by molar-refractivity contribution is -0.267. The zero-order valence-corrected chi connectivity index (χ0v) is 10.3. The van der Waals surface area contributed by atoms with Gasteiger partial charge in [0.2, 0.25) is 0 Å². The Balaban J connectivity index is 2.75. The molecule has 0 aromatic carbocycles. The number of hydrogen-bond acceptors (Lipinski definition) is 7. The molecule has 0 amide bonds. The van der Waals surface area contributed by atoms with Gasteiger partial charge in [0.25, 0.3) is 0 Å². The van der Waals surface area contributed by atoms with Crippen LogP contribution in [0.4, 0.5) is 0 Å². The molecule has 0 radical (unpaired) electrons. The minimum atomic E-state index is -1.06. The first-order valence-corrected chi connectivity index (χ1v) is 5.50. The van der Waals surface area contributed by atoms with E-state index < -0.39 is 36.6 Å². The number of rotatable bonds is 6. The van der Waals surface area contributed by atoms with Gasteiger partial charge < -0.3 is 29.5 Å². The summed E-state index contributed by atoms with van der Waals surface area (Å²) in [7, 11) is 2.75. The number of aliphatic hydroxyl groups excluding tert-OH is 2. The molecule has 0 aliphatic carbocycles. The molecule has 1 aliphatic heterocycles. The number of carboxylic acid groups (broad SMARTS) is 1. The SMILES string of the molecule is COC1OC(CO)C(OC)C(O)C1NCC(=O)O. The first kappa shape index (κ1) is 15.3. The van der Waals surface area contributed by atoms with Gasteiger partial charge in [0, 0.05) is 14.2 Å². The number of aliphatic carboxylic acids is 1. The lowest BCUT2D eigenvalue weighted by Gasteiger charge is -2.43. The topological polar surface area (TPSA) is 117 Å². The molecule has 0 spiro atoms. The predicted molar refractivity (Wildman–Crippen MR) is 59.0 cm³/mol. The highest BCUT2D eigenvalue weighted by molar-refractivity contribution is 5.69. The molecule has 0 aromatic heterocycles. The van der Waals surface area contributed by atoms with E-state index in [1.54, 1.807) is 0 Å². The average Bonchev–Trinajstić information content (AvgIpc) is 2.35. The van der Waals surface area contributed by atoms with E-state index in [-0.39, 0.29) is 13.2 Å². The van der Waals surface area contributed by atoms with Crippen molar-refractivity contribution in [3.63, 3.8) is 0 Å². The van der Waals surface area contributed by atoms with E-state index in [4.69, 9.17) is 24.4 Å². The standard InChI is InChI=1S/C10H19NO7/c1-16-9-5(4-12)18-10(17-2)7(8(9)15)11-3-6(13)14/h5,7-12,15H,3-4H2,1-2H3,(H,13,14). The third-order valence-corrected chi connectivity index (χ3v) is 2.85. The van der Waals surface area contributed by atoms with Crippen LogP contribution in [0.15, 0.2) is 0 Å². The largest absolute Gasteiger partial charge is 0.480 e. The van der Waals surface area contributed by atoms with Crippen molar-refractivity contribution in [3.05, 3.63) is 0 Å². The first-order valence-electron chi connectivity index (χ1n) is 5.50. The molecule has 0 aromatic rings. The van der Waals surface area contributed by atoms with Crippen molar-refractivity contribution < 1.29 is 34.3 Å². The average molecular weight is 265 g/mol. The van der Waals surface area contributed by atoms with Crippen molar-refractivity contribution in [1.82, 2.24) is 5.32 Å². The number of methoxy groups -OCH3 is 2. The number of ether oxygens (including phenoxy) is 3. The van der Waals surface area contributed by atoms with E-state index in [0.29, 0.717) is 0 Å². The van der Waals surface area contributed by atoms with Gasteiger partial charge in [0.15, 0.2) is 6.29 Å². The van der Waals surface area contributed by atoms with Crippen molar-refractivity contribution in [2.24, 2.45) is 0 Å². The number of aliphatic hydroxyl groups is 2. The summed E-state index contributed by atoms with van der Waals surface area (Å²) in [6.07, 6.45) is -3.39. The maximum Gasteiger partial charge on any atom is 0.317 e. The second-order valence-corrected chi connectivity index (χ2v) is 3.95. The summed E-state index contributed by atoms with van der Waals surface area (Å²) in [6, 6.07) is -0.751. The fourth-order valence-corrected chi connectivity index (χ4v) is 1.98. The highest BCUT2D eigenvalue weighted by Crippen LogP contribution is 2.23. The molecule has 8 nitrogen and oxygen atoms in total. The number of carboxylic acids is 1. The lowest BCUT2D eigenvalue weighted by atomic mass is 9.97. The smallest absolute Gasteiger partial charge is 0.317 e. The van der Waals surface area contributed by atoms with E-state index in [2.05, 4.69) is 5.32 Å². The van der Waals surface area contributed by atoms with Crippen LogP contribution in [0.25, 0.3) is 0 Å². The van der Waals surface area contributed by atoms with Crippen LogP contribution < -0.4 is 5.32 Å². The predicted octanol–water partition coefficient (Wildman–Crippen LogP) is -2.23. The van der Waals surface area contributed by atoms with Gasteiger partial charge in [-0.05, 0) is 0 Å². The molecule has 106 valence electrons. The molecule has 18 heavy (non-hydrogen) atoms. The Morgan fingerprint density at radius 2 is 2.06 bits per heavy atom. The molecule has 1 heterocycles. The summed E-state index contributed by atoms with van der Waals surface area (Å²) in [5.74, 6) is -1.06. The highest BCUT2D eigenvalue weighted by atomic mass is 16.7. The van der Waals surface area contributed by atoms with Gasteiger partial charge in [-0.1, -0.05) is 0 Å². The van der Waals surface area contributed by atoms with Crippen LogP contribution >= 0.6 is 0 Å². The lowest BCUT2D eigenvalue weighted by Crippen LogP contribution is -2.64. The summed E-state index contributed by atoms with van der Waals surface area (Å²) < 4.78 is 15.5. The molecular formula is C10H19NO7. The maximum atomic E-state index is 10.5. The molecule has 8 heteroatoms. The number of carbonyl (C=O) groups is 1. The van der Waals surface area contributed by atoms with Crippen LogP contribution in [0.3, 0.4) is 0 Å². The van der Waals surface area contributed by atoms with E-state index in [1.165, 1.54) is 14.2 Å². The van der Waals surface area contributed by atoms with Crippen LogP contribution in [-0.2, 0) is 19.0 Å². The molecule has 1 aliphatic rings. The third kappa shape index (κ3) is 3.37. The van der Waals surface area contributed by atoms with Crippen molar-refractivity contribution in [1.29, 1.82) is 0 Å². The quantitative estimate of drug-likeness (QED) is 0.426. The van der Waals surface area contributed by atoms with E-state index in [1.807, 2.05) is 0 Å². The fourth-order valence-electron chi connectivity index (χ4n) is 1.98. The van der Waals surface area contributed by atoms with Gasteiger partial charge in [0.05, 0.1) is 19.2 Å². The van der Waals surface area contributed by atoms with Crippen LogP contribution in [0.5, 0.6) is 0 Å². The second kappa shape index (κ2) is 6.98. The fraction of sp³-hybridized carbons (Fsp3) is 0.900. The van der Waals surface area contributed by atoms with Crippen molar-refractivity contribution in [3.8, 4) is 0 Å². The number of hydrogen-bond donors (Lipinski definition) is 4. The summed E-state index contributed by atoms with van der Waals surface area (Å²) in [6.45, 7) is -0.674. The van der Waals surface area contributed by atoms with Crippen LogP contribution in [0.2, 0.25) is 0 Å². The molecule has 1 fully saturated rings. The van der Waals surface area contributed by atoms with E-state index >= 15 is 0 Å². The van der Waals surface area contributed by atoms with Crippen LogP contribution in [0.1, 0.15) is 0 Å². The van der Waals surface area contributed by atoms with Gasteiger partial charge in [0.1, 0.15) is 18.3 Å². The number of nitrogens with one attached hydrogen (secondary N) is 1. The Kier molecular flexibility index (Phi) is 5.93. The third-order valence-electron chi connectivity index (χ3n) is 2.85. The maximum absolute atomic E-state index is 10.5. The van der Waals surface area contributed by atoms with Crippen LogP contribution in [-0.4, -0.2) is 79.3 Å². The monoisotopic (exact) mass is 265 g/mol. The Morgan fingerprint density at radius 1 is 1.39 bits per heavy atom. The first-order chi connectivity index (χ1) is 8.54. The molecular weight excluding hydrogens is 246 g/mol. The second-order valence-electron chi connectivity index (χ2n) is 3.95. The normalized spacial score (nSPS) is 36.6. The van der Waals surface area contributed by atoms with Crippen molar-refractivity contribution in [2.45, 2.75) is 30.6 Å². The minimum Gasteiger partial charge on any atom is -0.480 e. The Labute approximate surface area is 104 Å². The molecule has 0 bridgehead atoms. The van der Waals surface area contributed by atoms with Crippen molar-refractivity contribution >= 4 is 5.97 Å². The Morgan fingerprint density at radius 3 is 2.50 bits per heavy atom. The molecule has 4 N–H and O–H groups in total. The van der Waals surface area contributed by atoms with Gasteiger partial charge in [-0.15, -0.1) is 0 Å². The van der Waals surface area contributed by atoms with E-state index in [9.17, 15) is 9.90 Å².